The van der Waals surface area contributed by atoms with Gasteiger partial charge in [-0.2, -0.15) is 0 Å². The average molecular weight is 636 g/mol. The molecule has 2 atom stereocenters. The van der Waals surface area contributed by atoms with Gasteiger partial charge in [-0.1, -0.05) is 91.3 Å². The van der Waals surface area contributed by atoms with Gasteiger partial charge in [0.25, 0.3) is 10.0 Å². The number of amides is 2. The van der Waals surface area contributed by atoms with E-state index in [1.807, 2.05) is 44.2 Å². The zero-order valence-electron chi connectivity index (χ0n) is 24.6. The topological polar surface area (TPSA) is 86.8 Å². The zero-order valence-corrected chi connectivity index (χ0v) is 26.1. The van der Waals surface area contributed by atoms with Crippen LogP contribution in [0.15, 0.2) is 114 Å². The normalized spacial score (nSPS) is 12.6. The number of carbonyl (C=O) groups is 2. The lowest BCUT2D eigenvalue weighted by molar-refractivity contribution is -0.140. The Bertz CT molecular complexity index is 1670. The first kappa shape index (κ1) is 32.7. The van der Waals surface area contributed by atoms with Crippen molar-refractivity contribution in [1.29, 1.82) is 0 Å². The van der Waals surface area contributed by atoms with Gasteiger partial charge in [-0.15, -0.1) is 0 Å². The third-order valence-electron chi connectivity index (χ3n) is 7.25. The molecule has 10 heteroatoms. The molecule has 0 radical (unpaired) electrons. The quantitative estimate of drug-likeness (QED) is 0.189. The van der Waals surface area contributed by atoms with E-state index in [-0.39, 0.29) is 35.5 Å². The summed E-state index contributed by atoms with van der Waals surface area (Å²) in [6.07, 6.45) is 0.836. The number of halogens is 2. The molecule has 1 N–H and O–H groups in total. The highest BCUT2D eigenvalue weighted by Gasteiger charge is 2.35. The molecule has 0 saturated heterocycles. The standard InChI is InChI=1S/C34H35ClFN3O4S/c1-3-25(2)37-34(41)32(22-26-13-6-4-7-14-26)38(23-27-15-12-16-28(35)21-27)33(40)24-39(31-20-11-10-19-30(31)36)44(42,43)29-17-8-5-9-18-29/h4-21,25,32H,3,22-24H2,1-2H3,(H,37,41)/t25-,32-/m1/s1. The van der Waals surface area contributed by atoms with E-state index in [4.69, 9.17) is 11.6 Å². The van der Waals surface area contributed by atoms with E-state index >= 15 is 4.39 Å². The van der Waals surface area contributed by atoms with Crippen LogP contribution in [0.25, 0.3) is 0 Å². The summed E-state index contributed by atoms with van der Waals surface area (Å²) < 4.78 is 43.8. The van der Waals surface area contributed by atoms with Crippen LogP contribution in [-0.2, 0) is 32.6 Å². The minimum absolute atomic E-state index is 0.0404. The first-order valence-electron chi connectivity index (χ1n) is 14.3. The van der Waals surface area contributed by atoms with Gasteiger partial charge in [0.2, 0.25) is 11.8 Å². The van der Waals surface area contributed by atoms with E-state index in [0.717, 1.165) is 15.9 Å². The van der Waals surface area contributed by atoms with Gasteiger partial charge in [-0.05, 0) is 60.9 Å². The highest BCUT2D eigenvalue weighted by Crippen LogP contribution is 2.27. The van der Waals surface area contributed by atoms with Gasteiger partial charge in [-0.25, -0.2) is 12.8 Å². The van der Waals surface area contributed by atoms with Crippen LogP contribution in [0.4, 0.5) is 10.1 Å². The van der Waals surface area contributed by atoms with E-state index in [2.05, 4.69) is 5.32 Å². The molecule has 0 saturated carbocycles. The second kappa shape index (κ2) is 15.0. The third-order valence-corrected chi connectivity index (χ3v) is 9.25. The molecule has 0 unspecified atom stereocenters. The Morgan fingerprint density at radius 1 is 0.864 bits per heavy atom. The van der Waals surface area contributed by atoms with Crippen molar-refractivity contribution in [3.05, 3.63) is 131 Å². The predicted octanol–water partition coefficient (Wildman–Crippen LogP) is 6.23. The minimum Gasteiger partial charge on any atom is -0.352 e. The molecular formula is C34H35ClFN3O4S. The summed E-state index contributed by atoms with van der Waals surface area (Å²) >= 11 is 6.26. The molecule has 7 nitrogen and oxygen atoms in total. The van der Waals surface area contributed by atoms with E-state index < -0.39 is 34.3 Å². The van der Waals surface area contributed by atoms with Gasteiger partial charge in [0.05, 0.1) is 10.6 Å². The van der Waals surface area contributed by atoms with E-state index in [0.29, 0.717) is 17.0 Å². The fourth-order valence-corrected chi connectivity index (χ4v) is 6.37. The Hall–Kier alpha value is -4.21. The van der Waals surface area contributed by atoms with Crippen molar-refractivity contribution < 1.29 is 22.4 Å². The van der Waals surface area contributed by atoms with E-state index in [1.54, 1.807) is 42.5 Å². The van der Waals surface area contributed by atoms with Crippen molar-refractivity contribution in [2.45, 2.75) is 50.2 Å². The van der Waals surface area contributed by atoms with Gasteiger partial charge in [-0.3, -0.25) is 13.9 Å². The lowest BCUT2D eigenvalue weighted by Gasteiger charge is -2.34. The highest BCUT2D eigenvalue weighted by atomic mass is 35.5. The Morgan fingerprint density at radius 3 is 2.11 bits per heavy atom. The van der Waals surface area contributed by atoms with Crippen LogP contribution in [0.1, 0.15) is 31.4 Å². The van der Waals surface area contributed by atoms with Gasteiger partial charge in [0.15, 0.2) is 0 Å². The molecule has 0 spiro atoms. The molecule has 4 aromatic carbocycles. The van der Waals surface area contributed by atoms with Crippen LogP contribution >= 0.6 is 11.6 Å². The van der Waals surface area contributed by atoms with Crippen molar-refractivity contribution in [2.24, 2.45) is 0 Å². The fraction of sp³-hybridized carbons (Fsp3) is 0.235. The summed E-state index contributed by atoms with van der Waals surface area (Å²) in [7, 11) is -4.39. The van der Waals surface area contributed by atoms with Crippen molar-refractivity contribution >= 4 is 39.1 Å². The molecule has 0 aliphatic rings. The van der Waals surface area contributed by atoms with Crippen molar-refractivity contribution in [3.8, 4) is 0 Å². The molecule has 0 aliphatic carbocycles. The van der Waals surface area contributed by atoms with Gasteiger partial charge in [0.1, 0.15) is 18.4 Å². The fourth-order valence-electron chi connectivity index (χ4n) is 4.71. The summed E-state index contributed by atoms with van der Waals surface area (Å²) in [5.41, 5.74) is 1.17. The summed E-state index contributed by atoms with van der Waals surface area (Å²) in [4.78, 5) is 29.5. The van der Waals surface area contributed by atoms with Gasteiger partial charge in [0, 0.05) is 24.0 Å². The molecule has 44 heavy (non-hydrogen) atoms. The maximum Gasteiger partial charge on any atom is 0.264 e. The monoisotopic (exact) mass is 635 g/mol. The van der Waals surface area contributed by atoms with Crippen LogP contribution in [0.2, 0.25) is 5.02 Å². The van der Waals surface area contributed by atoms with E-state index in [1.165, 1.54) is 35.2 Å². The number of carbonyl (C=O) groups excluding carboxylic acids is 2. The number of hydrogen-bond acceptors (Lipinski definition) is 4. The lowest BCUT2D eigenvalue weighted by atomic mass is 10.0. The maximum atomic E-state index is 15.2. The summed E-state index contributed by atoms with van der Waals surface area (Å²) in [6.45, 7) is 3.02. The third kappa shape index (κ3) is 8.24. The molecule has 2 amide bonds. The van der Waals surface area contributed by atoms with Crippen molar-refractivity contribution in [1.82, 2.24) is 10.2 Å². The number of nitrogens with one attached hydrogen (secondary N) is 1. The number of para-hydroxylation sites is 1. The van der Waals surface area contributed by atoms with Gasteiger partial charge >= 0.3 is 0 Å². The van der Waals surface area contributed by atoms with Crippen LogP contribution < -0.4 is 9.62 Å². The molecule has 0 heterocycles. The summed E-state index contributed by atoms with van der Waals surface area (Å²) in [5.74, 6) is -1.88. The number of sulfonamides is 1. The Kier molecular flexibility index (Phi) is 11.1. The van der Waals surface area contributed by atoms with Crippen molar-refractivity contribution in [3.63, 3.8) is 0 Å². The average Bonchev–Trinajstić information content (AvgIpc) is 3.02. The molecular weight excluding hydrogens is 601 g/mol. The molecule has 0 aromatic heterocycles. The number of benzene rings is 4. The maximum absolute atomic E-state index is 15.2. The first-order valence-corrected chi connectivity index (χ1v) is 16.1. The Labute approximate surface area is 263 Å². The largest absolute Gasteiger partial charge is 0.352 e. The number of rotatable bonds is 13. The second-order valence-corrected chi connectivity index (χ2v) is 12.7. The molecule has 4 aromatic rings. The molecule has 4 rings (SSSR count). The Morgan fingerprint density at radius 2 is 1.48 bits per heavy atom. The zero-order chi connectivity index (χ0) is 31.7. The number of hydrogen-bond donors (Lipinski definition) is 1. The van der Waals surface area contributed by atoms with Crippen LogP contribution in [0.5, 0.6) is 0 Å². The van der Waals surface area contributed by atoms with Crippen LogP contribution in [-0.4, -0.2) is 43.8 Å². The van der Waals surface area contributed by atoms with Gasteiger partial charge < -0.3 is 10.2 Å². The lowest BCUT2D eigenvalue weighted by Crippen LogP contribution is -2.54. The highest BCUT2D eigenvalue weighted by molar-refractivity contribution is 7.92. The smallest absolute Gasteiger partial charge is 0.264 e. The summed E-state index contributed by atoms with van der Waals surface area (Å²) in [5, 5.41) is 3.42. The molecule has 0 fully saturated rings. The minimum atomic E-state index is -4.39. The predicted molar refractivity (Wildman–Crippen MR) is 171 cm³/mol. The van der Waals surface area contributed by atoms with Crippen molar-refractivity contribution in [2.75, 3.05) is 10.8 Å². The number of anilines is 1. The SMILES string of the molecule is CC[C@@H](C)NC(=O)[C@@H](Cc1ccccc1)N(Cc1cccc(Cl)c1)C(=O)CN(c1ccccc1F)S(=O)(=O)c1ccccc1. The number of nitrogens with zero attached hydrogens (tertiary/aromatic N) is 2. The molecule has 230 valence electrons. The summed E-state index contributed by atoms with van der Waals surface area (Å²) in [6, 6.07) is 27.9. The second-order valence-electron chi connectivity index (χ2n) is 10.5. The first-order chi connectivity index (χ1) is 21.1. The molecule has 0 bridgehead atoms. The molecule has 0 aliphatic heterocycles. The van der Waals surface area contributed by atoms with Crippen LogP contribution in [0, 0.1) is 5.82 Å². The van der Waals surface area contributed by atoms with Crippen LogP contribution in [0.3, 0.4) is 0 Å². The Balaban J connectivity index is 1.81. The van der Waals surface area contributed by atoms with E-state index in [9.17, 15) is 18.0 Å².